The number of nitriles is 1. The van der Waals surface area contributed by atoms with Crippen molar-refractivity contribution in [3.05, 3.63) is 59.6 Å². The molecular weight excluding hydrogens is 360 g/mol. The molecule has 0 radical (unpaired) electrons. The smallest absolute Gasteiger partial charge is 0.103 e. The first-order chi connectivity index (χ1) is 14.2. The van der Waals surface area contributed by atoms with Crippen LogP contribution in [0.25, 0.3) is 17.0 Å². The summed E-state index contributed by atoms with van der Waals surface area (Å²) >= 11 is 0. The van der Waals surface area contributed by atoms with Gasteiger partial charge < -0.3 is 15.2 Å². The van der Waals surface area contributed by atoms with E-state index in [2.05, 4.69) is 69.4 Å². The average Bonchev–Trinajstić information content (AvgIpc) is 3.22. The molecule has 0 atom stereocenters. The molecule has 1 fully saturated rings. The second kappa shape index (κ2) is 8.48. The number of hydrogen-bond acceptors (Lipinski definition) is 5. The molecule has 29 heavy (non-hydrogen) atoms. The highest BCUT2D eigenvalue weighted by molar-refractivity contribution is 5.89. The van der Waals surface area contributed by atoms with Gasteiger partial charge in [-0.25, -0.2) is 0 Å². The number of aryl methyl sites for hydroxylation is 1. The summed E-state index contributed by atoms with van der Waals surface area (Å²) in [5.74, 6) is 0. The van der Waals surface area contributed by atoms with Gasteiger partial charge in [0.1, 0.15) is 6.07 Å². The predicted octanol–water partition coefficient (Wildman–Crippen LogP) is 3.75. The predicted molar refractivity (Wildman–Crippen MR) is 118 cm³/mol. The Hall–Kier alpha value is -3.14. The third-order valence-corrected chi connectivity index (χ3v) is 5.62. The van der Waals surface area contributed by atoms with Crippen molar-refractivity contribution in [2.24, 2.45) is 0 Å². The lowest BCUT2D eigenvalue weighted by molar-refractivity contribution is 0.167. The van der Waals surface area contributed by atoms with E-state index in [-0.39, 0.29) is 0 Å². The Kier molecular flexibility index (Phi) is 5.61. The first-order valence-corrected chi connectivity index (χ1v) is 9.95. The average molecular weight is 387 g/mol. The van der Waals surface area contributed by atoms with Crippen molar-refractivity contribution in [1.82, 2.24) is 19.8 Å². The van der Waals surface area contributed by atoms with Crippen LogP contribution in [0.1, 0.15) is 16.7 Å². The number of benzene rings is 1. The first kappa shape index (κ1) is 19.2. The van der Waals surface area contributed by atoms with Crippen LogP contribution in [-0.4, -0.2) is 59.5 Å². The largest absolute Gasteiger partial charge is 0.361 e. The Morgan fingerprint density at radius 3 is 2.83 bits per heavy atom. The molecule has 1 aromatic carbocycles. The lowest BCUT2D eigenvalue weighted by Gasteiger charge is -2.31. The van der Waals surface area contributed by atoms with Gasteiger partial charge in [0, 0.05) is 73.5 Å². The van der Waals surface area contributed by atoms with Crippen LogP contribution in [0.3, 0.4) is 0 Å². The molecule has 2 N–H and O–H groups in total. The molecule has 0 unspecified atom stereocenters. The zero-order chi connectivity index (χ0) is 20.2. The number of nitrogens with zero attached hydrogens (tertiary/aromatic N) is 4. The van der Waals surface area contributed by atoms with Crippen LogP contribution in [0.5, 0.6) is 0 Å². The Labute approximate surface area is 171 Å². The van der Waals surface area contributed by atoms with Gasteiger partial charge in [-0.15, -0.1) is 0 Å². The Morgan fingerprint density at radius 2 is 2.03 bits per heavy atom. The minimum absolute atomic E-state index is 0.542. The van der Waals surface area contributed by atoms with Gasteiger partial charge in [-0.05, 0) is 37.7 Å². The summed E-state index contributed by atoms with van der Waals surface area (Å²) in [6, 6.07) is 8.45. The molecule has 1 aliphatic rings. The second-order valence-electron chi connectivity index (χ2n) is 7.57. The van der Waals surface area contributed by atoms with Crippen LogP contribution in [0, 0.1) is 18.3 Å². The molecule has 0 amide bonds. The minimum Gasteiger partial charge on any atom is -0.361 e. The van der Waals surface area contributed by atoms with Crippen molar-refractivity contribution >= 4 is 28.4 Å². The maximum absolute atomic E-state index is 9.61. The molecule has 0 spiro atoms. The lowest BCUT2D eigenvalue weighted by Crippen LogP contribution is -2.44. The van der Waals surface area contributed by atoms with Crippen LogP contribution >= 0.6 is 0 Å². The SMILES string of the molecule is Cc1c(Nc2c(C#N)cncc2C=CCN2CCN(C)CC2)ccc2[nH]ccc12. The number of fused-ring (bicyclic) bond motifs is 1. The number of pyridine rings is 1. The Balaban J connectivity index is 1.58. The highest BCUT2D eigenvalue weighted by Crippen LogP contribution is 2.30. The van der Waals surface area contributed by atoms with Gasteiger partial charge in [-0.2, -0.15) is 5.26 Å². The fourth-order valence-corrected chi connectivity index (χ4v) is 3.74. The van der Waals surface area contributed by atoms with Gasteiger partial charge >= 0.3 is 0 Å². The molecule has 2 aromatic heterocycles. The molecule has 4 rings (SSSR count). The zero-order valence-corrected chi connectivity index (χ0v) is 16.9. The van der Waals surface area contributed by atoms with Gasteiger partial charge in [-0.3, -0.25) is 9.88 Å². The third kappa shape index (κ3) is 4.16. The summed E-state index contributed by atoms with van der Waals surface area (Å²) < 4.78 is 0. The van der Waals surface area contributed by atoms with Gasteiger partial charge in [0.15, 0.2) is 0 Å². The Bertz CT molecular complexity index is 1070. The van der Waals surface area contributed by atoms with Crippen molar-refractivity contribution in [3.8, 4) is 6.07 Å². The van der Waals surface area contributed by atoms with Gasteiger partial charge in [0.25, 0.3) is 0 Å². The van der Waals surface area contributed by atoms with Gasteiger partial charge in [-0.1, -0.05) is 12.2 Å². The summed E-state index contributed by atoms with van der Waals surface area (Å²) in [5.41, 5.74) is 5.52. The van der Waals surface area contributed by atoms with Crippen molar-refractivity contribution < 1.29 is 0 Å². The van der Waals surface area contributed by atoms with E-state index < -0.39 is 0 Å². The monoisotopic (exact) mass is 386 g/mol. The van der Waals surface area contributed by atoms with E-state index in [9.17, 15) is 5.26 Å². The highest BCUT2D eigenvalue weighted by atomic mass is 15.2. The molecule has 0 aliphatic carbocycles. The second-order valence-corrected chi connectivity index (χ2v) is 7.57. The molecule has 148 valence electrons. The first-order valence-electron chi connectivity index (χ1n) is 9.95. The summed E-state index contributed by atoms with van der Waals surface area (Å²) in [7, 11) is 2.16. The lowest BCUT2D eigenvalue weighted by atomic mass is 10.1. The topological polar surface area (TPSA) is 71.0 Å². The number of likely N-dealkylation sites (N-methyl/N-ethyl adjacent to an activating group) is 1. The standard InChI is InChI=1S/C23H26N6/c1-17-20-7-8-26-22(20)6-5-21(17)27-23-18(15-25-16-19(23)14-24)4-3-9-29-12-10-28(2)11-13-29/h3-8,15-16,26H,9-13H2,1-2H3,(H,25,27). The maximum atomic E-state index is 9.61. The summed E-state index contributed by atoms with van der Waals surface area (Å²) in [5, 5.41) is 14.3. The van der Waals surface area contributed by atoms with Crippen molar-refractivity contribution in [3.63, 3.8) is 0 Å². The van der Waals surface area contributed by atoms with Crippen LogP contribution in [0.2, 0.25) is 0 Å². The molecule has 6 heteroatoms. The quantitative estimate of drug-likeness (QED) is 0.699. The molecular formula is C23H26N6. The van der Waals surface area contributed by atoms with Crippen LogP contribution < -0.4 is 5.32 Å². The van der Waals surface area contributed by atoms with E-state index in [1.54, 1.807) is 6.20 Å². The fourth-order valence-electron chi connectivity index (χ4n) is 3.74. The summed E-state index contributed by atoms with van der Waals surface area (Å²) in [4.78, 5) is 12.3. The van der Waals surface area contributed by atoms with E-state index in [1.165, 1.54) is 5.39 Å². The van der Waals surface area contributed by atoms with Crippen LogP contribution in [0.15, 0.2) is 42.9 Å². The van der Waals surface area contributed by atoms with E-state index in [0.29, 0.717) is 5.56 Å². The molecule has 6 nitrogen and oxygen atoms in total. The third-order valence-electron chi connectivity index (χ3n) is 5.62. The minimum atomic E-state index is 0.542. The van der Waals surface area contributed by atoms with E-state index in [0.717, 1.165) is 60.7 Å². The molecule has 1 saturated heterocycles. The van der Waals surface area contributed by atoms with Gasteiger partial charge in [0.05, 0.1) is 11.3 Å². The molecule has 3 heterocycles. The van der Waals surface area contributed by atoms with Crippen molar-refractivity contribution in [1.29, 1.82) is 5.26 Å². The fraction of sp³-hybridized carbons (Fsp3) is 0.304. The number of hydrogen-bond donors (Lipinski definition) is 2. The van der Waals surface area contributed by atoms with E-state index >= 15 is 0 Å². The Morgan fingerprint density at radius 1 is 1.21 bits per heavy atom. The van der Waals surface area contributed by atoms with Crippen molar-refractivity contribution in [2.45, 2.75) is 6.92 Å². The normalized spacial score (nSPS) is 15.8. The van der Waals surface area contributed by atoms with Crippen LogP contribution in [0.4, 0.5) is 11.4 Å². The number of nitrogens with one attached hydrogen (secondary N) is 2. The number of rotatable bonds is 5. The van der Waals surface area contributed by atoms with Crippen LogP contribution in [-0.2, 0) is 0 Å². The molecule has 0 saturated carbocycles. The summed E-state index contributed by atoms with van der Waals surface area (Å²) in [6.45, 7) is 7.36. The number of aromatic amines is 1. The van der Waals surface area contributed by atoms with Gasteiger partial charge in [0.2, 0.25) is 0 Å². The number of H-pyrrole nitrogens is 1. The van der Waals surface area contributed by atoms with Crippen molar-refractivity contribution in [2.75, 3.05) is 45.1 Å². The van der Waals surface area contributed by atoms with E-state index in [4.69, 9.17) is 0 Å². The zero-order valence-electron chi connectivity index (χ0n) is 16.9. The molecule has 1 aliphatic heterocycles. The molecule has 3 aromatic rings. The summed E-state index contributed by atoms with van der Waals surface area (Å²) in [6.07, 6.45) is 9.61. The van der Waals surface area contributed by atoms with E-state index in [1.807, 2.05) is 18.5 Å². The molecule has 0 bridgehead atoms. The maximum Gasteiger partial charge on any atom is 0.103 e. The highest BCUT2D eigenvalue weighted by Gasteiger charge is 2.13. The number of anilines is 2. The number of piperazine rings is 1. The number of aromatic nitrogens is 2.